The number of thiophene rings is 1. The second-order valence-corrected chi connectivity index (χ2v) is 4.21. The Labute approximate surface area is 97.5 Å². The monoisotopic (exact) mass is 236 g/mol. The summed E-state index contributed by atoms with van der Waals surface area (Å²) in [6.45, 7) is 2.14. The average molecular weight is 236 g/mol. The zero-order valence-corrected chi connectivity index (χ0v) is 9.95. The summed E-state index contributed by atoms with van der Waals surface area (Å²) in [6, 6.07) is 3.91. The lowest BCUT2D eigenvalue weighted by atomic mass is 10.2. The molecule has 5 heteroatoms. The van der Waals surface area contributed by atoms with E-state index in [0.717, 1.165) is 10.4 Å². The van der Waals surface area contributed by atoms with Crippen LogP contribution < -0.4 is 0 Å². The molecule has 2 heterocycles. The van der Waals surface area contributed by atoms with E-state index in [4.69, 9.17) is 4.74 Å². The maximum atomic E-state index is 11.7. The van der Waals surface area contributed by atoms with Crippen molar-refractivity contribution in [3.63, 3.8) is 0 Å². The van der Waals surface area contributed by atoms with Gasteiger partial charge in [-0.1, -0.05) is 6.07 Å². The van der Waals surface area contributed by atoms with Gasteiger partial charge in [0.1, 0.15) is 0 Å². The Morgan fingerprint density at radius 1 is 1.62 bits per heavy atom. The Balaban J connectivity index is 2.42. The van der Waals surface area contributed by atoms with E-state index in [-0.39, 0.29) is 5.97 Å². The van der Waals surface area contributed by atoms with Gasteiger partial charge in [-0.25, -0.2) is 4.79 Å². The predicted octanol–water partition coefficient (Wildman–Crippen LogP) is 2.33. The quantitative estimate of drug-likeness (QED) is 0.768. The Morgan fingerprint density at radius 3 is 3.06 bits per heavy atom. The van der Waals surface area contributed by atoms with Gasteiger partial charge in [-0.3, -0.25) is 4.68 Å². The largest absolute Gasteiger partial charge is 0.461 e. The summed E-state index contributed by atoms with van der Waals surface area (Å²) < 4.78 is 6.60. The second kappa shape index (κ2) is 4.49. The summed E-state index contributed by atoms with van der Waals surface area (Å²) in [7, 11) is 1.79. The molecule has 0 unspecified atom stereocenters. The molecule has 0 N–H and O–H groups in total. The van der Waals surface area contributed by atoms with Crippen LogP contribution in [0, 0.1) is 0 Å². The third-order valence-corrected chi connectivity index (χ3v) is 2.99. The van der Waals surface area contributed by atoms with Crippen molar-refractivity contribution in [1.82, 2.24) is 9.78 Å². The lowest BCUT2D eigenvalue weighted by Gasteiger charge is -1.99. The van der Waals surface area contributed by atoms with Gasteiger partial charge < -0.3 is 4.74 Å². The summed E-state index contributed by atoms with van der Waals surface area (Å²) in [5.41, 5.74) is 1.21. The number of nitrogens with zero attached hydrogens (tertiary/aromatic N) is 2. The molecule has 0 aliphatic heterocycles. The molecule has 0 bridgehead atoms. The number of hydrogen-bond acceptors (Lipinski definition) is 4. The standard InChI is InChI=1S/C11H12N2O2S/c1-3-15-11(14)10-8(7-13(2)12-10)9-5-4-6-16-9/h4-7H,3H2,1-2H3. The van der Waals surface area contributed by atoms with Crippen LogP contribution in [0.5, 0.6) is 0 Å². The minimum atomic E-state index is -0.369. The molecule has 0 radical (unpaired) electrons. The predicted molar refractivity (Wildman–Crippen MR) is 62.5 cm³/mol. The minimum Gasteiger partial charge on any atom is -0.461 e. The normalized spacial score (nSPS) is 10.4. The molecule has 0 aliphatic rings. The molecule has 2 aromatic heterocycles. The molecule has 0 atom stereocenters. The number of carbonyl (C=O) groups is 1. The summed E-state index contributed by atoms with van der Waals surface area (Å²) in [4.78, 5) is 12.7. The van der Waals surface area contributed by atoms with E-state index in [1.54, 1.807) is 30.0 Å². The third-order valence-electron chi connectivity index (χ3n) is 2.08. The Bertz CT molecular complexity index is 488. The maximum Gasteiger partial charge on any atom is 0.359 e. The van der Waals surface area contributed by atoms with Crippen molar-refractivity contribution in [2.75, 3.05) is 6.61 Å². The van der Waals surface area contributed by atoms with Crippen molar-refractivity contribution < 1.29 is 9.53 Å². The fraction of sp³-hybridized carbons (Fsp3) is 0.273. The van der Waals surface area contributed by atoms with Gasteiger partial charge in [0.2, 0.25) is 0 Å². The van der Waals surface area contributed by atoms with E-state index in [1.807, 2.05) is 23.7 Å². The van der Waals surface area contributed by atoms with Crippen molar-refractivity contribution in [2.24, 2.45) is 7.05 Å². The molecular formula is C11H12N2O2S. The molecule has 16 heavy (non-hydrogen) atoms. The third kappa shape index (κ3) is 1.99. The van der Waals surface area contributed by atoms with E-state index in [1.165, 1.54) is 0 Å². The van der Waals surface area contributed by atoms with Crippen LogP contribution in [0.25, 0.3) is 10.4 Å². The molecule has 2 aromatic rings. The Kier molecular flexibility index (Phi) is 3.05. The van der Waals surface area contributed by atoms with Crippen LogP contribution in [0.3, 0.4) is 0 Å². The van der Waals surface area contributed by atoms with Gasteiger partial charge in [0.05, 0.1) is 6.61 Å². The lowest BCUT2D eigenvalue weighted by Crippen LogP contribution is -2.07. The van der Waals surface area contributed by atoms with E-state index >= 15 is 0 Å². The zero-order chi connectivity index (χ0) is 11.5. The number of aromatic nitrogens is 2. The molecule has 0 fully saturated rings. The highest BCUT2D eigenvalue weighted by molar-refractivity contribution is 7.13. The van der Waals surface area contributed by atoms with Crippen LogP contribution in [-0.2, 0) is 11.8 Å². The summed E-state index contributed by atoms with van der Waals surface area (Å²) in [6.07, 6.45) is 1.83. The highest BCUT2D eigenvalue weighted by atomic mass is 32.1. The van der Waals surface area contributed by atoms with Crippen LogP contribution in [-0.4, -0.2) is 22.4 Å². The molecule has 0 saturated heterocycles. The molecule has 84 valence electrons. The van der Waals surface area contributed by atoms with Crippen molar-refractivity contribution in [3.8, 4) is 10.4 Å². The van der Waals surface area contributed by atoms with Crippen LogP contribution in [0.2, 0.25) is 0 Å². The SMILES string of the molecule is CCOC(=O)c1nn(C)cc1-c1cccs1. The number of aryl methyl sites for hydroxylation is 1. The average Bonchev–Trinajstić information content (AvgIpc) is 2.85. The maximum absolute atomic E-state index is 11.7. The summed E-state index contributed by atoms with van der Waals surface area (Å²) in [5.74, 6) is -0.369. The van der Waals surface area contributed by atoms with Crippen LogP contribution in [0.4, 0.5) is 0 Å². The van der Waals surface area contributed by atoms with Crippen molar-refractivity contribution in [3.05, 3.63) is 29.4 Å². The summed E-state index contributed by atoms with van der Waals surface area (Å²) >= 11 is 1.58. The van der Waals surface area contributed by atoms with E-state index in [9.17, 15) is 4.79 Å². The number of carbonyl (C=O) groups excluding carboxylic acids is 1. The van der Waals surface area contributed by atoms with Crippen molar-refractivity contribution >= 4 is 17.3 Å². The number of esters is 1. The molecule has 2 rings (SSSR count). The first-order chi connectivity index (χ1) is 7.72. The molecular weight excluding hydrogens is 224 g/mol. The second-order valence-electron chi connectivity index (χ2n) is 3.26. The van der Waals surface area contributed by atoms with Gasteiger partial charge in [-0.2, -0.15) is 5.10 Å². The zero-order valence-electron chi connectivity index (χ0n) is 9.14. The first-order valence-electron chi connectivity index (χ1n) is 4.97. The van der Waals surface area contributed by atoms with Gasteiger partial charge in [-0.05, 0) is 18.4 Å². The highest BCUT2D eigenvalue weighted by Gasteiger charge is 2.18. The number of ether oxygens (including phenoxy) is 1. The Morgan fingerprint density at radius 2 is 2.44 bits per heavy atom. The topological polar surface area (TPSA) is 44.1 Å². The molecule has 0 saturated carbocycles. The minimum absolute atomic E-state index is 0.360. The van der Waals surface area contributed by atoms with Crippen molar-refractivity contribution in [1.29, 1.82) is 0 Å². The van der Waals surface area contributed by atoms with Gasteiger partial charge >= 0.3 is 5.97 Å². The molecule has 0 aliphatic carbocycles. The van der Waals surface area contributed by atoms with Crippen LogP contribution >= 0.6 is 11.3 Å². The first kappa shape index (κ1) is 10.9. The fourth-order valence-electron chi connectivity index (χ4n) is 1.45. The van der Waals surface area contributed by atoms with Gasteiger partial charge in [0.25, 0.3) is 0 Å². The fourth-order valence-corrected chi connectivity index (χ4v) is 2.19. The summed E-state index contributed by atoms with van der Waals surface area (Å²) in [5, 5.41) is 6.10. The number of rotatable bonds is 3. The van der Waals surface area contributed by atoms with Crippen LogP contribution in [0.1, 0.15) is 17.4 Å². The molecule has 4 nitrogen and oxygen atoms in total. The lowest BCUT2D eigenvalue weighted by molar-refractivity contribution is 0.0519. The van der Waals surface area contributed by atoms with Gasteiger partial charge in [-0.15, -0.1) is 11.3 Å². The van der Waals surface area contributed by atoms with E-state index in [2.05, 4.69) is 5.10 Å². The highest BCUT2D eigenvalue weighted by Crippen LogP contribution is 2.27. The van der Waals surface area contributed by atoms with Gasteiger partial charge in [0.15, 0.2) is 5.69 Å². The van der Waals surface area contributed by atoms with Crippen LogP contribution in [0.15, 0.2) is 23.7 Å². The van der Waals surface area contributed by atoms with E-state index in [0.29, 0.717) is 12.3 Å². The van der Waals surface area contributed by atoms with Crippen molar-refractivity contribution in [2.45, 2.75) is 6.92 Å². The Hall–Kier alpha value is -1.62. The smallest absolute Gasteiger partial charge is 0.359 e. The molecule has 0 amide bonds. The van der Waals surface area contributed by atoms with E-state index < -0.39 is 0 Å². The van der Waals surface area contributed by atoms with Gasteiger partial charge in [0, 0.05) is 23.7 Å². The molecule has 0 aromatic carbocycles. The molecule has 0 spiro atoms. The number of hydrogen-bond donors (Lipinski definition) is 0. The first-order valence-corrected chi connectivity index (χ1v) is 5.85.